The minimum absolute atomic E-state index is 0.535. The largest absolute Gasteiger partial charge is 0.458 e. The second-order valence-corrected chi connectivity index (χ2v) is 3.49. The van der Waals surface area contributed by atoms with E-state index in [1.165, 1.54) is 0 Å². The fourth-order valence-electron chi connectivity index (χ4n) is 1.39. The quantitative estimate of drug-likeness (QED) is 0.781. The average Bonchev–Trinajstić information content (AvgIpc) is 2.33. The van der Waals surface area contributed by atoms with Crippen molar-refractivity contribution in [2.24, 2.45) is 5.73 Å². The molecule has 0 bridgehead atoms. The first-order chi connectivity index (χ1) is 7.79. The van der Waals surface area contributed by atoms with Gasteiger partial charge in [0, 0.05) is 6.54 Å². The summed E-state index contributed by atoms with van der Waals surface area (Å²) in [5, 5.41) is 0. The highest BCUT2D eigenvalue weighted by atomic mass is 16.5. The van der Waals surface area contributed by atoms with Crippen LogP contribution in [0.4, 0.5) is 0 Å². The van der Waals surface area contributed by atoms with Crippen molar-refractivity contribution in [3.63, 3.8) is 0 Å². The van der Waals surface area contributed by atoms with Crippen LogP contribution in [0.2, 0.25) is 0 Å². The fourth-order valence-corrected chi connectivity index (χ4v) is 1.39. The molecule has 2 N–H and O–H groups in total. The first kappa shape index (κ1) is 10.8. The molecule has 0 aliphatic rings. The zero-order chi connectivity index (χ0) is 11.4. The minimum Gasteiger partial charge on any atom is -0.458 e. The Labute approximate surface area is 96.5 Å². The predicted octanol–water partition coefficient (Wildman–Crippen LogP) is 1.73. The number of nitrogens with two attached hydrogens (primary N) is 1. The minimum atomic E-state index is 0.535. The lowest BCUT2D eigenvalue weighted by molar-refractivity contribution is 0.486. The second-order valence-electron chi connectivity index (χ2n) is 3.49. The summed E-state index contributed by atoms with van der Waals surface area (Å²) >= 11 is 0. The molecule has 78 valence electrons. The van der Waals surface area contributed by atoms with E-state index in [9.17, 15) is 0 Å². The van der Waals surface area contributed by atoms with Gasteiger partial charge >= 0.3 is 0 Å². The van der Waals surface area contributed by atoms with Crippen molar-refractivity contribution in [3.05, 3.63) is 54.1 Å². The summed E-state index contributed by atoms with van der Waals surface area (Å²) in [5.41, 5.74) is 7.22. The number of hydrogen-bond donors (Lipinski definition) is 1. The second kappa shape index (κ2) is 4.86. The Morgan fingerprint density at radius 3 is 2.31 bits per heavy atom. The van der Waals surface area contributed by atoms with Gasteiger partial charge in [-0.25, -0.2) is 0 Å². The van der Waals surface area contributed by atoms with Crippen LogP contribution in [0.1, 0.15) is 5.56 Å². The van der Waals surface area contributed by atoms with Gasteiger partial charge < -0.3 is 10.5 Å². The number of ether oxygens (including phenoxy) is 1. The molecule has 0 amide bonds. The zero-order valence-corrected chi connectivity index (χ0v) is 8.89. The van der Waals surface area contributed by atoms with Gasteiger partial charge in [-0.15, -0.1) is 0 Å². The van der Waals surface area contributed by atoms with Crippen molar-refractivity contribution in [3.8, 4) is 11.5 Å². The van der Waals surface area contributed by atoms with Crippen molar-refractivity contribution in [1.82, 2.24) is 0 Å². The highest BCUT2D eigenvalue weighted by molar-refractivity contribution is 6.34. The van der Waals surface area contributed by atoms with E-state index in [1.807, 2.05) is 48.5 Å². The average molecular weight is 209 g/mol. The van der Waals surface area contributed by atoms with Crippen molar-refractivity contribution >= 4 is 13.3 Å². The third-order valence-electron chi connectivity index (χ3n) is 2.31. The summed E-state index contributed by atoms with van der Waals surface area (Å²) in [4.78, 5) is 0. The van der Waals surface area contributed by atoms with Gasteiger partial charge in [0.15, 0.2) is 0 Å². The van der Waals surface area contributed by atoms with Crippen LogP contribution < -0.4 is 15.9 Å². The summed E-state index contributed by atoms with van der Waals surface area (Å²) in [6.07, 6.45) is 0. The van der Waals surface area contributed by atoms with Gasteiger partial charge in [0.25, 0.3) is 0 Å². The molecule has 16 heavy (non-hydrogen) atoms. The summed E-state index contributed by atoms with van der Waals surface area (Å²) in [5.74, 6) is 1.43. The van der Waals surface area contributed by atoms with Crippen LogP contribution in [0, 0.1) is 0 Å². The Kier molecular flexibility index (Phi) is 3.27. The highest BCUT2D eigenvalue weighted by Gasteiger charge is 1.99. The topological polar surface area (TPSA) is 35.2 Å². The molecule has 0 aromatic heterocycles. The molecule has 2 radical (unpaired) electrons. The van der Waals surface area contributed by atoms with Crippen molar-refractivity contribution < 1.29 is 4.74 Å². The molecular formula is C13H12BNO. The summed E-state index contributed by atoms with van der Waals surface area (Å²) in [6, 6.07) is 15.1. The Morgan fingerprint density at radius 2 is 1.69 bits per heavy atom. The van der Waals surface area contributed by atoms with E-state index in [1.54, 1.807) is 0 Å². The lowest BCUT2D eigenvalue weighted by Gasteiger charge is -2.08. The van der Waals surface area contributed by atoms with Gasteiger partial charge in [-0.05, 0) is 23.8 Å². The van der Waals surface area contributed by atoms with Gasteiger partial charge in [0.1, 0.15) is 19.3 Å². The smallest absolute Gasteiger partial charge is 0.127 e. The van der Waals surface area contributed by atoms with Crippen molar-refractivity contribution in [2.75, 3.05) is 0 Å². The molecule has 0 saturated carbocycles. The standard InChI is InChI=1S/C13H12BNO/c14-12-3-1-2-4-13(12)16-11-7-5-10(9-15)6-8-11/h1-8H,9,15H2. The molecule has 2 aromatic carbocycles. The molecule has 0 spiro atoms. The van der Waals surface area contributed by atoms with Gasteiger partial charge in [-0.3, -0.25) is 0 Å². The maximum absolute atomic E-state index is 5.78. The van der Waals surface area contributed by atoms with E-state index in [4.69, 9.17) is 18.3 Å². The van der Waals surface area contributed by atoms with Crippen LogP contribution in [0.3, 0.4) is 0 Å². The normalized spacial score (nSPS) is 10.1. The molecule has 3 heteroatoms. The Morgan fingerprint density at radius 1 is 1.00 bits per heavy atom. The highest BCUT2D eigenvalue weighted by Crippen LogP contribution is 2.19. The van der Waals surface area contributed by atoms with E-state index >= 15 is 0 Å². The molecule has 2 rings (SSSR count). The van der Waals surface area contributed by atoms with E-state index < -0.39 is 0 Å². The Bertz CT molecular complexity index is 468. The van der Waals surface area contributed by atoms with E-state index in [0.717, 1.165) is 11.3 Å². The van der Waals surface area contributed by atoms with Crippen LogP contribution in [0.15, 0.2) is 48.5 Å². The maximum Gasteiger partial charge on any atom is 0.127 e. The lowest BCUT2D eigenvalue weighted by Crippen LogP contribution is -2.05. The number of rotatable bonds is 3. The monoisotopic (exact) mass is 209 g/mol. The fraction of sp³-hybridized carbons (Fsp3) is 0.0769. The van der Waals surface area contributed by atoms with Gasteiger partial charge in [-0.2, -0.15) is 0 Å². The molecule has 0 fully saturated rings. The van der Waals surface area contributed by atoms with Crippen LogP contribution in [-0.4, -0.2) is 7.85 Å². The van der Waals surface area contributed by atoms with Gasteiger partial charge in [0.05, 0.1) is 0 Å². The van der Waals surface area contributed by atoms with Gasteiger partial charge in [0.2, 0.25) is 0 Å². The molecule has 2 nitrogen and oxygen atoms in total. The first-order valence-electron chi connectivity index (χ1n) is 5.11. The maximum atomic E-state index is 5.78. The van der Waals surface area contributed by atoms with Gasteiger partial charge in [-0.1, -0.05) is 35.8 Å². The number of hydrogen-bond acceptors (Lipinski definition) is 2. The molecule has 0 aliphatic carbocycles. The molecule has 2 aromatic rings. The summed E-state index contributed by atoms with van der Waals surface area (Å²) < 4.78 is 5.64. The van der Waals surface area contributed by atoms with Crippen LogP contribution in [0.5, 0.6) is 11.5 Å². The summed E-state index contributed by atoms with van der Waals surface area (Å²) in [7, 11) is 5.78. The Hall–Kier alpha value is -1.74. The number of benzene rings is 2. The Balaban J connectivity index is 2.18. The molecule has 0 saturated heterocycles. The van der Waals surface area contributed by atoms with Crippen molar-refractivity contribution in [1.29, 1.82) is 0 Å². The first-order valence-corrected chi connectivity index (χ1v) is 5.11. The number of para-hydroxylation sites is 1. The molecular weight excluding hydrogens is 197 g/mol. The van der Waals surface area contributed by atoms with Crippen molar-refractivity contribution in [2.45, 2.75) is 6.54 Å². The zero-order valence-electron chi connectivity index (χ0n) is 8.89. The molecule has 0 unspecified atom stereocenters. The summed E-state index contributed by atoms with van der Waals surface area (Å²) in [6.45, 7) is 0.535. The molecule has 0 atom stereocenters. The van der Waals surface area contributed by atoms with Crippen LogP contribution in [-0.2, 0) is 6.54 Å². The lowest BCUT2D eigenvalue weighted by atomic mass is 9.95. The van der Waals surface area contributed by atoms with E-state index in [-0.39, 0.29) is 0 Å². The third-order valence-corrected chi connectivity index (χ3v) is 2.31. The SMILES string of the molecule is [B]c1ccccc1Oc1ccc(CN)cc1. The van der Waals surface area contributed by atoms with Crippen LogP contribution in [0.25, 0.3) is 0 Å². The van der Waals surface area contributed by atoms with Crippen LogP contribution >= 0.6 is 0 Å². The molecule has 0 aliphatic heterocycles. The third kappa shape index (κ3) is 2.44. The van der Waals surface area contributed by atoms with E-state index in [2.05, 4.69) is 0 Å². The van der Waals surface area contributed by atoms with E-state index in [0.29, 0.717) is 17.8 Å². The molecule has 0 heterocycles. The predicted molar refractivity (Wildman–Crippen MR) is 66.2 cm³/mol.